The zero-order valence-electron chi connectivity index (χ0n) is 17.9. The fourth-order valence-electron chi connectivity index (χ4n) is 3.11. The zero-order valence-corrected chi connectivity index (χ0v) is 17.9. The Morgan fingerprint density at radius 3 is 1.87 bits per heavy atom. The Kier molecular flexibility index (Phi) is 10.5. The summed E-state index contributed by atoms with van der Waals surface area (Å²) in [5, 5.41) is 9.84. The fourth-order valence-corrected chi connectivity index (χ4v) is 3.11. The number of rotatable bonds is 4. The maximum absolute atomic E-state index is 9.84. The van der Waals surface area contributed by atoms with Crippen LogP contribution in [0.5, 0.6) is 5.75 Å². The lowest BCUT2D eigenvalue weighted by atomic mass is 10.2. The Bertz CT molecular complexity index is 766. The van der Waals surface area contributed by atoms with Crippen molar-refractivity contribution in [1.29, 1.82) is 0 Å². The molecule has 7 nitrogen and oxygen atoms in total. The summed E-state index contributed by atoms with van der Waals surface area (Å²) < 4.78 is 22.3. The van der Waals surface area contributed by atoms with Gasteiger partial charge in [0, 0.05) is 31.4 Å². The Morgan fingerprint density at radius 1 is 0.742 bits per heavy atom. The minimum atomic E-state index is 0.225. The minimum absolute atomic E-state index is 0.225. The quantitative estimate of drug-likeness (QED) is 0.755. The van der Waals surface area contributed by atoms with Gasteiger partial charge in [0.1, 0.15) is 5.75 Å². The number of ether oxygens (including phenoxy) is 4. The van der Waals surface area contributed by atoms with Gasteiger partial charge >= 0.3 is 0 Å². The lowest BCUT2D eigenvalue weighted by Crippen LogP contribution is -2.31. The van der Waals surface area contributed by atoms with Gasteiger partial charge < -0.3 is 24.1 Å². The molecule has 2 aromatic carbocycles. The van der Waals surface area contributed by atoms with Gasteiger partial charge in [0.15, 0.2) is 0 Å². The number of aliphatic imine (C=N–C) groups is 1. The molecule has 0 unspecified atom stereocenters. The van der Waals surface area contributed by atoms with Gasteiger partial charge in [-0.3, -0.25) is 9.89 Å². The third-order valence-corrected chi connectivity index (χ3v) is 4.85. The number of aromatic hydroxyl groups is 1. The number of hydrogen-bond acceptors (Lipinski definition) is 7. The van der Waals surface area contributed by atoms with Crippen molar-refractivity contribution in [3.05, 3.63) is 59.7 Å². The molecule has 0 amide bonds. The second-order valence-electron chi connectivity index (χ2n) is 7.21. The third kappa shape index (κ3) is 9.16. The van der Waals surface area contributed by atoms with Crippen LogP contribution in [0.4, 0.5) is 5.69 Å². The van der Waals surface area contributed by atoms with E-state index >= 15 is 0 Å². The Morgan fingerprint density at radius 2 is 1.29 bits per heavy atom. The van der Waals surface area contributed by atoms with Gasteiger partial charge in [0.05, 0.1) is 58.5 Å². The lowest BCUT2D eigenvalue weighted by Gasteiger charge is -2.22. The van der Waals surface area contributed by atoms with Crippen molar-refractivity contribution in [2.75, 3.05) is 65.9 Å². The Labute approximate surface area is 184 Å². The summed E-state index contributed by atoms with van der Waals surface area (Å²) in [6.07, 6.45) is 1.68. The molecule has 1 aliphatic rings. The number of para-hydroxylation sites is 1. The first-order valence-electron chi connectivity index (χ1n) is 10.8. The minimum Gasteiger partial charge on any atom is -0.507 e. The van der Waals surface area contributed by atoms with E-state index in [-0.39, 0.29) is 5.75 Å². The van der Waals surface area contributed by atoms with Crippen molar-refractivity contribution in [3.8, 4) is 5.75 Å². The molecule has 0 spiro atoms. The Balaban J connectivity index is 1.52. The van der Waals surface area contributed by atoms with Crippen LogP contribution in [0.2, 0.25) is 0 Å². The van der Waals surface area contributed by atoms with Gasteiger partial charge in [-0.15, -0.1) is 0 Å². The largest absolute Gasteiger partial charge is 0.507 e. The summed E-state index contributed by atoms with van der Waals surface area (Å²) in [6.45, 7) is 7.30. The van der Waals surface area contributed by atoms with Gasteiger partial charge in [-0.25, -0.2) is 0 Å². The van der Waals surface area contributed by atoms with Crippen molar-refractivity contribution in [2.45, 2.75) is 6.54 Å². The summed E-state index contributed by atoms with van der Waals surface area (Å²) in [5.74, 6) is 0.225. The van der Waals surface area contributed by atoms with Gasteiger partial charge in [0.2, 0.25) is 0 Å². The van der Waals surface area contributed by atoms with E-state index < -0.39 is 0 Å². The topological polar surface area (TPSA) is 72.8 Å². The van der Waals surface area contributed by atoms with Crippen LogP contribution in [0.15, 0.2) is 53.5 Å². The second-order valence-corrected chi connectivity index (χ2v) is 7.21. The number of phenols is 1. The van der Waals surface area contributed by atoms with Gasteiger partial charge in [-0.1, -0.05) is 24.3 Å². The fraction of sp³-hybridized carbons (Fsp3) is 0.458. The van der Waals surface area contributed by atoms with Crippen LogP contribution in [-0.2, 0) is 25.5 Å². The normalized spacial score (nSPS) is 18.5. The SMILES string of the molecule is Oc1ccccc1C=Nc1ccc(CN2CCOCCOCCOCCOCC2)cc1. The number of hydrogen-bond donors (Lipinski definition) is 1. The molecule has 31 heavy (non-hydrogen) atoms. The number of benzene rings is 2. The average Bonchev–Trinajstić information content (AvgIpc) is 2.80. The first-order chi connectivity index (χ1) is 15.3. The molecule has 0 bridgehead atoms. The van der Waals surface area contributed by atoms with E-state index in [0.717, 1.165) is 25.3 Å². The van der Waals surface area contributed by atoms with Gasteiger partial charge in [-0.2, -0.15) is 0 Å². The second kappa shape index (κ2) is 13.9. The van der Waals surface area contributed by atoms with Crippen LogP contribution in [0.1, 0.15) is 11.1 Å². The van der Waals surface area contributed by atoms with Crippen LogP contribution < -0.4 is 0 Å². The standard InChI is InChI=1S/C24H32N2O5/c27-24-4-2-1-3-22(24)19-25-23-7-5-21(6-8-23)20-26-9-11-28-13-15-30-17-18-31-16-14-29-12-10-26/h1-8,19,27H,9-18,20H2. The highest BCUT2D eigenvalue weighted by Crippen LogP contribution is 2.17. The molecule has 0 radical (unpaired) electrons. The van der Waals surface area contributed by atoms with Crippen LogP contribution in [0.25, 0.3) is 0 Å². The maximum atomic E-state index is 9.84. The molecular formula is C24H32N2O5. The molecule has 0 atom stereocenters. The molecule has 3 rings (SSSR count). The van der Waals surface area contributed by atoms with Crippen molar-refractivity contribution in [2.24, 2.45) is 4.99 Å². The molecule has 0 aliphatic carbocycles. The summed E-state index contributed by atoms with van der Waals surface area (Å²) in [4.78, 5) is 6.78. The first kappa shape index (κ1) is 23.4. The monoisotopic (exact) mass is 428 g/mol. The smallest absolute Gasteiger partial charge is 0.124 e. The van der Waals surface area contributed by atoms with Gasteiger partial charge in [-0.05, 0) is 29.8 Å². The third-order valence-electron chi connectivity index (χ3n) is 4.85. The maximum Gasteiger partial charge on any atom is 0.124 e. The Hall–Kier alpha value is -2.29. The van der Waals surface area contributed by atoms with E-state index in [4.69, 9.17) is 18.9 Å². The van der Waals surface area contributed by atoms with E-state index in [1.807, 2.05) is 24.3 Å². The first-order valence-corrected chi connectivity index (χ1v) is 10.8. The lowest BCUT2D eigenvalue weighted by molar-refractivity contribution is 0.00206. The van der Waals surface area contributed by atoms with Crippen LogP contribution in [0.3, 0.4) is 0 Å². The summed E-state index contributed by atoms with van der Waals surface area (Å²) in [6, 6.07) is 15.3. The van der Waals surface area contributed by atoms with Gasteiger partial charge in [0.25, 0.3) is 0 Å². The van der Waals surface area contributed by atoms with E-state index in [9.17, 15) is 5.11 Å². The molecule has 168 valence electrons. The molecule has 2 aromatic rings. The molecule has 1 saturated heterocycles. The highest BCUT2D eigenvalue weighted by Gasteiger charge is 2.07. The van der Waals surface area contributed by atoms with Crippen molar-refractivity contribution in [1.82, 2.24) is 4.90 Å². The summed E-state index contributed by atoms with van der Waals surface area (Å²) in [5.41, 5.74) is 2.74. The molecule has 1 heterocycles. The van der Waals surface area contributed by atoms with Crippen LogP contribution >= 0.6 is 0 Å². The van der Waals surface area contributed by atoms with E-state index in [0.29, 0.717) is 58.4 Å². The highest BCUT2D eigenvalue weighted by molar-refractivity contribution is 5.85. The molecule has 1 N–H and O–H groups in total. The van der Waals surface area contributed by atoms with Crippen LogP contribution in [-0.4, -0.2) is 82.2 Å². The zero-order chi connectivity index (χ0) is 21.6. The van der Waals surface area contributed by atoms with E-state index in [1.54, 1.807) is 18.3 Å². The van der Waals surface area contributed by atoms with Crippen LogP contribution in [0, 0.1) is 0 Å². The van der Waals surface area contributed by atoms with E-state index in [1.165, 1.54) is 5.56 Å². The van der Waals surface area contributed by atoms with E-state index in [2.05, 4.69) is 22.0 Å². The summed E-state index contributed by atoms with van der Waals surface area (Å²) >= 11 is 0. The molecular weight excluding hydrogens is 396 g/mol. The molecule has 1 fully saturated rings. The highest BCUT2D eigenvalue weighted by atomic mass is 16.6. The van der Waals surface area contributed by atoms with Crippen molar-refractivity contribution in [3.63, 3.8) is 0 Å². The van der Waals surface area contributed by atoms with Crippen molar-refractivity contribution < 1.29 is 24.1 Å². The number of nitrogens with zero attached hydrogens (tertiary/aromatic N) is 2. The summed E-state index contributed by atoms with van der Waals surface area (Å²) in [7, 11) is 0. The molecule has 0 saturated carbocycles. The molecule has 7 heteroatoms. The average molecular weight is 429 g/mol. The molecule has 1 aliphatic heterocycles. The molecule has 0 aromatic heterocycles. The predicted octanol–water partition coefficient (Wildman–Crippen LogP) is 3.02. The predicted molar refractivity (Wildman–Crippen MR) is 120 cm³/mol. The number of phenolic OH excluding ortho intramolecular Hbond substituents is 1. The van der Waals surface area contributed by atoms with Crippen molar-refractivity contribution >= 4 is 11.9 Å².